The first-order valence-corrected chi connectivity index (χ1v) is 7.25. The van der Waals surface area contributed by atoms with E-state index in [-0.39, 0.29) is 17.1 Å². The van der Waals surface area contributed by atoms with Crippen LogP contribution in [0.25, 0.3) is 11.0 Å². The second kappa shape index (κ2) is 6.89. The number of nitrogens with zero attached hydrogens (tertiary/aromatic N) is 1. The van der Waals surface area contributed by atoms with Crippen LogP contribution >= 0.6 is 11.8 Å². The largest absolute Gasteiger partial charge is 0.480 e. The number of para-hydroxylation sites is 2. The lowest BCUT2D eigenvalue weighted by atomic mass is 10.3. The third-order valence-electron chi connectivity index (χ3n) is 2.76. The molecule has 21 heavy (non-hydrogen) atoms. The van der Waals surface area contributed by atoms with Crippen molar-refractivity contribution in [3.63, 3.8) is 0 Å². The van der Waals surface area contributed by atoms with Gasteiger partial charge in [0, 0.05) is 11.5 Å². The van der Waals surface area contributed by atoms with Crippen LogP contribution in [-0.4, -0.2) is 39.2 Å². The van der Waals surface area contributed by atoms with Crippen LogP contribution < -0.4 is 10.9 Å². The van der Waals surface area contributed by atoms with Gasteiger partial charge in [-0.2, -0.15) is 11.8 Å². The number of benzene rings is 1. The number of H-pyrrole nitrogens is 1. The van der Waals surface area contributed by atoms with E-state index >= 15 is 0 Å². The Balaban J connectivity index is 2.06. The molecule has 1 amide bonds. The molecule has 8 heteroatoms. The second-order valence-electron chi connectivity index (χ2n) is 4.22. The molecule has 0 bridgehead atoms. The van der Waals surface area contributed by atoms with E-state index in [1.807, 2.05) is 6.07 Å². The van der Waals surface area contributed by atoms with Crippen LogP contribution in [0.5, 0.6) is 0 Å². The Morgan fingerprint density at radius 1 is 1.48 bits per heavy atom. The van der Waals surface area contributed by atoms with Gasteiger partial charge in [-0.05, 0) is 12.1 Å². The molecule has 0 fully saturated rings. The molecule has 7 nitrogen and oxygen atoms in total. The first-order chi connectivity index (χ1) is 10.1. The molecular weight excluding hydrogens is 294 g/mol. The van der Waals surface area contributed by atoms with Gasteiger partial charge in [0.1, 0.15) is 11.7 Å². The molecule has 110 valence electrons. The number of fused-ring (bicyclic) bond motifs is 1. The van der Waals surface area contributed by atoms with Crippen molar-refractivity contribution in [2.75, 3.05) is 5.75 Å². The van der Waals surface area contributed by atoms with Gasteiger partial charge < -0.3 is 15.4 Å². The van der Waals surface area contributed by atoms with E-state index in [4.69, 9.17) is 5.11 Å². The van der Waals surface area contributed by atoms with Crippen LogP contribution in [0, 0.1) is 0 Å². The SMILES string of the molecule is O=CNC(CSCc1nc2ccccc2[nH]c1=O)C(=O)O. The lowest BCUT2D eigenvalue weighted by molar-refractivity contribution is -0.139. The number of hydrogen-bond donors (Lipinski definition) is 3. The number of thioether (sulfide) groups is 1. The standard InChI is InChI=1S/C13H13N3O4S/c17-7-14-11(13(19)20)6-21-5-10-12(18)16-9-4-2-1-3-8(9)15-10/h1-4,7,11H,5-6H2,(H,14,17)(H,16,18)(H,19,20). The van der Waals surface area contributed by atoms with Gasteiger partial charge in [0.25, 0.3) is 5.56 Å². The minimum atomic E-state index is -1.12. The number of carboxylic acid groups (broad SMARTS) is 1. The van der Waals surface area contributed by atoms with Crippen LogP contribution in [0.2, 0.25) is 0 Å². The van der Waals surface area contributed by atoms with Gasteiger partial charge in [0.2, 0.25) is 6.41 Å². The highest BCUT2D eigenvalue weighted by Crippen LogP contribution is 2.12. The highest BCUT2D eigenvalue weighted by Gasteiger charge is 2.16. The van der Waals surface area contributed by atoms with Crippen molar-refractivity contribution in [1.82, 2.24) is 15.3 Å². The number of aliphatic carboxylic acids is 1. The number of aromatic nitrogens is 2. The molecule has 3 N–H and O–H groups in total. The summed E-state index contributed by atoms with van der Waals surface area (Å²) in [4.78, 5) is 40.0. The Labute approximate surface area is 123 Å². The molecule has 1 unspecified atom stereocenters. The number of rotatable bonds is 7. The van der Waals surface area contributed by atoms with Crippen LogP contribution in [0.15, 0.2) is 29.1 Å². The van der Waals surface area contributed by atoms with Crippen LogP contribution in [0.4, 0.5) is 0 Å². The normalized spacial score (nSPS) is 12.0. The Bertz CT molecular complexity index is 716. The lowest BCUT2D eigenvalue weighted by Crippen LogP contribution is -2.37. The summed E-state index contributed by atoms with van der Waals surface area (Å²) in [5.41, 5.74) is 1.36. The predicted octanol–water partition coefficient (Wildman–Crippen LogP) is 0.355. The monoisotopic (exact) mass is 307 g/mol. The zero-order valence-electron chi connectivity index (χ0n) is 10.9. The summed E-state index contributed by atoms with van der Waals surface area (Å²) in [6.07, 6.45) is 0.348. The first kappa shape index (κ1) is 15.0. The zero-order valence-corrected chi connectivity index (χ0v) is 11.7. The molecule has 2 rings (SSSR count). The highest BCUT2D eigenvalue weighted by atomic mass is 32.2. The number of amides is 1. The molecule has 2 aromatic rings. The average molecular weight is 307 g/mol. The molecule has 0 aliphatic heterocycles. The maximum atomic E-state index is 11.8. The summed E-state index contributed by atoms with van der Waals surface area (Å²) in [6, 6.07) is 6.19. The molecule has 1 heterocycles. The summed E-state index contributed by atoms with van der Waals surface area (Å²) < 4.78 is 0. The molecule has 0 radical (unpaired) electrons. The number of carbonyl (C=O) groups is 2. The Morgan fingerprint density at radius 2 is 2.24 bits per heavy atom. The Kier molecular flexibility index (Phi) is 4.94. The van der Waals surface area contributed by atoms with Crippen molar-refractivity contribution < 1.29 is 14.7 Å². The minimum absolute atomic E-state index is 0.155. The van der Waals surface area contributed by atoms with E-state index in [1.165, 1.54) is 11.8 Å². The summed E-state index contributed by atoms with van der Waals surface area (Å²) in [5.74, 6) is -0.693. The van der Waals surface area contributed by atoms with Crippen LogP contribution in [0.3, 0.4) is 0 Å². The van der Waals surface area contributed by atoms with Gasteiger partial charge in [-0.25, -0.2) is 9.78 Å². The molecule has 0 saturated carbocycles. The zero-order chi connectivity index (χ0) is 15.2. The van der Waals surface area contributed by atoms with Crippen molar-refractivity contribution >= 4 is 35.2 Å². The van der Waals surface area contributed by atoms with E-state index in [0.717, 1.165) is 0 Å². The van der Waals surface area contributed by atoms with Gasteiger partial charge in [-0.1, -0.05) is 12.1 Å². The quantitative estimate of drug-likeness (QED) is 0.637. The number of aromatic amines is 1. The molecule has 0 saturated heterocycles. The summed E-state index contributed by atoms with van der Waals surface area (Å²) in [7, 11) is 0. The Morgan fingerprint density at radius 3 is 2.95 bits per heavy atom. The molecular formula is C13H13N3O4S. The molecule has 1 aromatic heterocycles. The third kappa shape index (κ3) is 3.82. The molecule has 0 spiro atoms. The average Bonchev–Trinajstić information content (AvgIpc) is 2.46. The van der Waals surface area contributed by atoms with Gasteiger partial charge in [0.15, 0.2) is 0 Å². The van der Waals surface area contributed by atoms with E-state index in [1.54, 1.807) is 18.2 Å². The summed E-state index contributed by atoms with van der Waals surface area (Å²) >= 11 is 1.22. The summed E-state index contributed by atoms with van der Waals surface area (Å²) in [5, 5.41) is 11.1. The van der Waals surface area contributed by atoms with Crippen LogP contribution in [0.1, 0.15) is 5.69 Å². The number of nitrogens with one attached hydrogen (secondary N) is 2. The van der Waals surface area contributed by atoms with Crippen molar-refractivity contribution in [2.24, 2.45) is 0 Å². The van der Waals surface area contributed by atoms with Crippen molar-refractivity contribution in [2.45, 2.75) is 11.8 Å². The van der Waals surface area contributed by atoms with Gasteiger partial charge in [0.05, 0.1) is 11.0 Å². The van der Waals surface area contributed by atoms with Crippen molar-refractivity contribution in [3.05, 3.63) is 40.3 Å². The van der Waals surface area contributed by atoms with E-state index < -0.39 is 12.0 Å². The predicted molar refractivity (Wildman–Crippen MR) is 79.1 cm³/mol. The summed E-state index contributed by atoms with van der Waals surface area (Å²) in [6.45, 7) is 0. The van der Waals surface area contributed by atoms with Crippen molar-refractivity contribution in [3.8, 4) is 0 Å². The minimum Gasteiger partial charge on any atom is -0.480 e. The molecule has 0 aliphatic rings. The maximum Gasteiger partial charge on any atom is 0.327 e. The van der Waals surface area contributed by atoms with E-state index in [9.17, 15) is 14.4 Å². The maximum absolute atomic E-state index is 11.8. The smallest absolute Gasteiger partial charge is 0.327 e. The van der Waals surface area contributed by atoms with E-state index in [0.29, 0.717) is 23.1 Å². The number of carbonyl (C=O) groups excluding carboxylic acids is 1. The van der Waals surface area contributed by atoms with Gasteiger partial charge in [-0.15, -0.1) is 0 Å². The Hall–Kier alpha value is -2.35. The molecule has 1 aromatic carbocycles. The molecule has 0 aliphatic carbocycles. The number of hydrogen-bond acceptors (Lipinski definition) is 5. The molecule has 1 atom stereocenters. The lowest BCUT2D eigenvalue weighted by Gasteiger charge is -2.10. The fraction of sp³-hybridized carbons (Fsp3) is 0.231. The fourth-order valence-electron chi connectivity index (χ4n) is 1.71. The highest BCUT2D eigenvalue weighted by molar-refractivity contribution is 7.98. The topological polar surface area (TPSA) is 112 Å². The van der Waals surface area contributed by atoms with Gasteiger partial charge >= 0.3 is 5.97 Å². The third-order valence-corrected chi connectivity index (χ3v) is 3.81. The fourth-order valence-corrected chi connectivity index (χ4v) is 2.69. The second-order valence-corrected chi connectivity index (χ2v) is 5.25. The van der Waals surface area contributed by atoms with Crippen LogP contribution in [-0.2, 0) is 15.3 Å². The number of carboxylic acids is 1. The first-order valence-electron chi connectivity index (χ1n) is 6.10. The van der Waals surface area contributed by atoms with Crippen molar-refractivity contribution in [1.29, 1.82) is 0 Å². The van der Waals surface area contributed by atoms with Gasteiger partial charge in [-0.3, -0.25) is 9.59 Å². The van der Waals surface area contributed by atoms with E-state index in [2.05, 4.69) is 15.3 Å².